The summed E-state index contributed by atoms with van der Waals surface area (Å²) in [6.07, 6.45) is 5.96. The lowest BCUT2D eigenvalue weighted by molar-refractivity contribution is 0.504. The molecule has 0 spiro atoms. The molecule has 0 unspecified atom stereocenters. The number of hydrogen-bond acceptors (Lipinski definition) is 4. The van der Waals surface area contributed by atoms with Gasteiger partial charge < -0.3 is 9.88 Å². The highest BCUT2D eigenvalue weighted by molar-refractivity contribution is 7.99. The van der Waals surface area contributed by atoms with Crippen LogP contribution in [0.15, 0.2) is 17.2 Å². The first-order valence-corrected chi connectivity index (χ1v) is 8.19. The highest BCUT2D eigenvalue weighted by atomic mass is 32.2. The molecule has 0 radical (unpaired) electrons. The maximum atomic E-state index is 12.2. The van der Waals surface area contributed by atoms with E-state index in [0.717, 1.165) is 13.1 Å². The van der Waals surface area contributed by atoms with Crippen LogP contribution in [0, 0.1) is 11.8 Å². The van der Waals surface area contributed by atoms with Gasteiger partial charge in [0, 0.05) is 25.5 Å². The van der Waals surface area contributed by atoms with E-state index in [1.54, 1.807) is 17.0 Å². The Balaban J connectivity index is 1.97. The molecule has 2 heterocycles. The van der Waals surface area contributed by atoms with Crippen molar-refractivity contribution in [1.82, 2.24) is 9.55 Å². The Labute approximate surface area is 119 Å². The number of thioether (sulfide) groups is 1. The molecule has 19 heavy (non-hydrogen) atoms. The van der Waals surface area contributed by atoms with E-state index in [-0.39, 0.29) is 5.56 Å². The van der Waals surface area contributed by atoms with Crippen LogP contribution in [0.25, 0.3) is 0 Å². The Morgan fingerprint density at radius 2 is 2.21 bits per heavy atom. The fourth-order valence-electron chi connectivity index (χ4n) is 2.30. The number of anilines is 1. The second-order valence-corrected chi connectivity index (χ2v) is 6.79. The summed E-state index contributed by atoms with van der Waals surface area (Å²) >= 11 is 2.02. The molecule has 5 heteroatoms. The topological polar surface area (TPSA) is 46.9 Å². The minimum atomic E-state index is 0.00128. The van der Waals surface area contributed by atoms with E-state index in [2.05, 4.69) is 24.1 Å². The van der Waals surface area contributed by atoms with Crippen LogP contribution in [-0.2, 0) is 6.54 Å². The number of nitrogens with one attached hydrogen (secondary N) is 1. The van der Waals surface area contributed by atoms with Crippen molar-refractivity contribution >= 4 is 17.6 Å². The second kappa shape index (κ2) is 6.98. The van der Waals surface area contributed by atoms with Crippen LogP contribution >= 0.6 is 11.8 Å². The van der Waals surface area contributed by atoms with Crippen LogP contribution in [0.2, 0.25) is 0 Å². The third-order valence-electron chi connectivity index (χ3n) is 3.37. The predicted molar refractivity (Wildman–Crippen MR) is 81.9 cm³/mol. The van der Waals surface area contributed by atoms with Crippen LogP contribution in [0.1, 0.15) is 26.7 Å². The van der Waals surface area contributed by atoms with Crippen molar-refractivity contribution in [2.24, 2.45) is 11.8 Å². The van der Waals surface area contributed by atoms with Gasteiger partial charge in [-0.1, -0.05) is 13.8 Å². The van der Waals surface area contributed by atoms with E-state index < -0.39 is 0 Å². The van der Waals surface area contributed by atoms with Gasteiger partial charge in [-0.25, -0.2) is 4.98 Å². The molecule has 1 N–H and O–H groups in total. The Morgan fingerprint density at radius 1 is 1.47 bits per heavy atom. The van der Waals surface area contributed by atoms with E-state index in [1.807, 2.05) is 11.8 Å². The quantitative estimate of drug-likeness (QED) is 0.900. The Hall–Kier alpha value is -0.970. The third-order valence-corrected chi connectivity index (χ3v) is 4.42. The fraction of sp³-hybridized carbons (Fsp3) is 0.714. The van der Waals surface area contributed by atoms with Gasteiger partial charge in [0.25, 0.3) is 5.56 Å². The Morgan fingerprint density at radius 3 is 2.89 bits per heavy atom. The summed E-state index contributed by atoms with van der Waals surface area (Å²) in [5.41, 5.74) is 0.00128. The van der Waals surface area contributed by atoms with Gasteiger partial charge in [0.1, 0.15) is 0 Å². The van der Waals surface area contributed by atoms with Crippen molar-refractivity contribution in [3.8, 4) is 0 Å². The molecular formula is C14H23N3OS. The van der Waals surface area contributed by atoms with E-state index in [0.29, 0.717) is 17.7 Å². The molecule has 2 rings (SSSR count). The number of hydrogen-bond donors (Lipinski definition) is 1. The summed E-state index contributed by atoms with van der Waals surface area (Å²) in [4.78, 5) is 16.4. The van der Waals surface area contributed by atoms with E-state index in [9.17, 15) is 4.79 Å². The fourth-order valence-corrected chi connectivity index (χ4v) is 3.50. The molecule has 0 bridgehead atoms. The summed E-state index contributed by atoms with van der Waals surface area (Å²) in [6.45, 7) is 5.84. The van der Waals surface area contributed by atoms with Crippen molar-refractivity contribution in [3.05, 3.63) is 22.7 Å². The molecule has 4 nitrogen and oxygen atoms in total. The summed E-state index contributed by atoms with van der Waals surface area (Å²) in [5.74, 6) is 4.13. The molecular weight excluding hydrogens is 258 g/mol. The zero-order valence-corrected chi connectivity index (χ0v) is 12.6. The van der Waals surface area contributed by atoms with Crippen molar-refractivity contribution in [3.63, 3.8) is 0 Å². The highest BCUT2D eigenvalue weighted by Crippen LogP contribution is 2.22. The van der Waals surface area contributed by atoms with Gasteiger partial charge in [0.15, 0.2) is 5.82 Å². The maximum Gasteiger partial charge on any atom is 0.293 e. The van der Waals surface area contributed by atoms with Gasteiger partial charge in [-0.15, -0.1) is 0 Å². The molecule has 0 atom stereocenters. The van der Waals surface area contributed by atoms with Crippen molar-refractivity contribution < 1.29 is 0 Å². The molecule has 0 aromatic carbocycles. The first-order valence-electron chi connectivity index (χ1n) is 7.04. The van der Waals surface area contributed by atoms with Crippen molar-refractivity contribution in [1.29, 1.82) is 0 Å². The monoisotopic (exact) mass is 281 g/mol. The molecule has 0 aliphatic carbocycles. The lowest BCUT2D eigenvalue weighted by Gasteiger charge is -2.21. The molecule has 1 fully saturated rings. The van der Waals surface area contributed by atoms with Gasteiger partial charge in [-0.2, -0.15) is 11.8 Å². The summed E-state index contributed by atoms with van der Waals surface area (Å²) in [5, 5.41) is 3.24. The summed E-state index contributed by atoms with van der Waals surface area (Å²) < 4.78 is 1.75. The first kappa shape index (κ1) is 14.4. The summed E-state index contributed by atoms with van der Waals surface area (Å²) in [7, 11) is 0. The van der Waals surface area contributed by atoms with E-state index in [1.165, 1.54) is 24.3 Å². The number of rotatable bonds is 5. The van der Waals surface area contributed by atoms with Gasteiger partial charge >= 0.3 is 0 Å². The predicted octanol–water partition coefficient (Wildman–Crippen LogP) is 2.45. The zero-order chi connectivity index (χ0) is 13.7. The SMILES string of the molecule is CC(C)Cn1ccnc(NCC2CCSCC2)c1=O. The van der Waals surface area contributed by atoms with Crippen LogP contribution in [0.3, 0.4) is 0 Å². The summed E-state index contributed by atoms with van der Waals surface area (Å²) in [6, 6.07) is 0. The zero-order valence-electron chi connectivity index (χ0n) is 11.8. The molecule has 1 aromatic heterocycles. The molecule has 1 aromatic rings. The highest BCUT2D eigenvalue weighted by Gasteiger charge is 2.14. The molecule has 1 saturated heterocycles. The van der Waals surface area contributed by atoms with Gasteiger partial charge in [0.05, 0.1) is 0 Å². The largest absolute Gasteiger partial charge is 0.365 e. The maximum absolute atomic E-state index is 12.2. The first-order chi connectivity index (χ1) is 9.16. The third kappa shape index (κ3) is 4.27. The smallest absolute Gasteiger partial charge is 0.293 e. The van der Waals surface area contributed by atoms with Crippen LogP contribution in [0.4, 0.5) is 5.82 Å². The normalized spacial score (nSPS) is 16.8. The molecule has 0 amide bonds. The standard InChI is InChI=1S/C14H23N3OS/c1-11(2)10-17-6-5-15-13(14(17)18)16-9-12-3-7-19-8-4-12/h5-6,11-12H,3-4,7-10H2,1-2H3,(H,15,16). The lowest BCUT2D eigenvalue weighted by Crippen LogP contribution is -2.28. The van der Waals surface area contributed by atoms with E-state index >= 15 is 0 Å². The molecule has 1 aliphatic heterocycles. The van der Waals surface area contributed by atoms with Crippen molar-refractivity contribution in [2.75, 3.05) is 23.4 Å². The van der Waals surface area contributed by atoms with Gasteiger partial charge in [-0.3, -0.25) is 4.79 Å². The van der Waals surface area contributed by atoms with Crippen LogP contribution in [0.5, 0.6) is 0 Å². The lowest BCUT2D eigenvalue weighted by atomic mass is 10.0. The van der Waals surface area contributed by atoms with Crippen molar-refractivity contribution in [2.45, 2.75) is 33.2 Å². The number of aromatic nitrogens is 2. The van der Waals surface area contributed by atoms with Crippen LogP contribution < -0.4 is 10.9 Å². The van der Waals surface area contributed by atoms with Gasteiger partial charge in [0.2, 0.25) is 0 Å². The second-order valence-electron chi connectivity index (χ2n) is 5.56. The Bertz CT molecular complexity index is 452. The average Bonchev–Trinajstić information content (AvgIpc) is 2.40. The molecule has 1 aliphatic rings. The van der Waals surface area contributed by atoms with E-state index in [4.69, 9.17) is 0 Å². The average molecular weight is 281 g/mol. The number of nitrogens with zero attached hydrogens (tertiary/aromatic N) is 2. The molecule has 0 saturated carbocycles. The van der Waals surface area contributed by atoms with Crippen LogP contribution in [-0.4, -0.2) is 27.6 Å². The van der Waals surface area contributed by atoms with Gasteiger partial charge in [-0.05, 0) is 36.2 Å². The Kier molecular flexibility index (Phi) is 5.31. The minimum absolute atomic E-state index is 0.00128. The minimum Gasteiger partial charge on any atom is -0.365 e. The molecule has 106 valence electrons.